The third-order valence-corrected chi connectivity index (χ3v) is 5.31. The Morgan fingerprint density at radius 3 is 2.50 bits per heavy atom. The highest BCUT2D eigenvalue weighted by Crippen LogP contribution is 2.35. The van der Waals surface area contributed by atoms with Crippen molar-refractivity contribution in [3.63, 3.8) is 0 Å². The standard InChI is InChI=1S/C20H20BrF3N2O2/c21-15-5-3-4-14(12-15)19(8-10-28-11-9-19)25-13-18(27)26-17-7-2-1-6-16(17)20(22,23)24/h1-7,12,25H,8-11,13H2,(H,26,27). The number of alkyl halides is 3. The zero-order chi connectivity index (χ0) is 20.2. The SMILES string of the molecule is O=C(CNC1(c2cccc(Br)c2)CCOCC1)Nc1ccccc1C(F)(F)F. The van der Waals surface area contributed by atoms with Crippen molar-refractivity contribution in [2.24, 2.45) is 0 Å². The lowest BCUT2D eigenvalue weighted by Gasteiger charge is -2.38. The van der Waals surface area contributed by atoms with E-state index in [0.717, 1.165) is 16.1 Å². The predicted molar refractivity (Wildman–Crippen MR) is 104 cm³/mol. The summed E-state index contributed by atoms with van der Waals surface area (Å²) in [4.78, 5) is 12.4. The summed E-state index contributed by atoms with van der Waals surface area (Å²) in [5.74, 6) is -0.530. The highest BCUT2D eigenvalue weighted by Gasteiger charge is 2.36. The van der Waals surface area contributed by atoms with Crippen molar-refractivity contribution in [1.29, 1.82) is 0 Å². The second-order valence-electron chi connectivity index (χ2n) is 6.65. The third kappa shape index (κ3) is 4.92. The Morgan fingerprint density at radius 2 is 1.82 bits per heavy atom. The minimum Gasteiger partial charge on any atom is -0.381 e. The maximum atomic E-state index is 13.1. The molecule has 1 heterocycles. The van der Waals surface area contributed by atoms with Crippen molar-refractivity contribution < 1.29 is 22.7 Å². The van der Waals surface area contributed by atoms with Crippen LogP contribution in [0.4, 0.5) is 18.9 Å². The van der Waals surface area contributed by atoms with E-state index in [1.54, 1.807) is 0 Å². The van der Waals surface area contributed by atoms with E-state index >= 15 is 0 Å². The Hall–Kier alpha value is -1.90. The van der Waals surface area contributed by atoms with Gasteiger partial charge in [0.25, 0.3) is 0 Å². The summed E-state index contributed by atoms with van der Waals surface area (Å²) in [6.07, 6.45) is -3.21. The van der Waals surface area contributed by atoms with Gasteiger partial charge in [-0.3, -0.25) is 10.1 Å². The zero-order valence-electron chi connectivity index (χ0n) is 15.0. The van der Waals surface area contributed by atoms with Gasteiger partial charge in [0.2, 0.25) is 5.91 Å². The van der Waals surface area contributed by atoms with Crippen LogP contribution in [0.15, 0.2) is 53.0 Å². The number of hydrogen-bond donors (Lipinski definition) is 2. The number of nitrogens with one attached hydrogen (secondary N) is 2. The average Bonchev–Trinajstić information content (AvgIpc) is 2.67. The fraction of sp³-hybridized carbons (Fsp3) is 0.350. The quantitative estimate of drug-likeness (QED) is 0.685. The minimum absolute atomic E-state index is 0.112. The third-order valence-electron chi connectivity index (χ3n) is 4.82. The predicted octanol–water partition coefficient (Wildman–Crippen LogP) is 4.70. The first-order valence-electron chi connectivity index (χ1n) is 8.85. The van der Waals surface area contributed by atoms with E-state index in [1.165, 1.54) is 18.2 Å². The zero-order valence-corrected chi connectivity index (χ0v) is 16.6. The van der Waals surface area contributed by atoms with Crippen molar-refractivity contribution in [2.45, 2.75) is 24.6 Å². The minimum atomic E-state index is -4.53. The van der Waals surface area contributed by atoms with Gasteiger partial charge >= 0.3 is 6.18 Å². The number of halogens is 4. The van der Waals surface area contributed by atoms with E-state index < -0.39 is 23.2 Å². The Labute approximate surface area is 169 Å². The van der Waals surface area contributed by atoms with Crippen molar-refractivity contribution in [3.05, 3.63) is 64.1 Å². The molecule has 1 amide bonds. The molecule has 150 valence electrons. The Morgan fingerprint density at radius 1 is 1.11 bits per heavy atom. The van der Waals surface area contributed by atoms with Crippen molar-refractivity contribution in [3.8, 4) is 0 Å². The number of carbonyl (C=O) groups is 1. The number of rotatable bonds is 5. The molecule has 1 fully saturated rings. The fourth-order valence-corrected chi connectivity index (χ4v) is 3.76. The fourth-order valence-electron chi connectivity index (χ4n) is 3.36. The van der Waals surface area contributed by atoms with Gasteiger partial charge in [-0.1, -0.05) is 40.2 Å². The van der Waals surface area contributed by atoms with E-state index in [4.69, 9.17) is 4.74 Å². The van der Waals surface area contributed by atoms with E-state index in [-0.39, 0.29) is 12.2 Å². The highest BCUT2D eigenvalue weighted by atomic mass is 79.9. The number of ether oxygens (including phenoxy) is 1. The largest absolute Gasteiger partial charge is 0.418 e. The Bertz CT molecular complexity index is 836. The van der Waals surface area contributed by atoms with Gasteiger partial charge in [-0.05, 0) is 42.7 Å². The van der Waals surface area contributed by atoms with Gasteiger partial charge in [-0.15, -0.1) is 0 Å². The number of amides is 1. The molecule has 0 radical (unpaired) electrons. The molecule has 4 nitrogen and oxygen atoms in total. The number of benzene rings is 2. The normalized spacial score (nSPS) is 16.6. The first-order valence-corrected chi connectivity index (χ1v) is 9.64. The molecule has 1 aliphatic heterocycles. The molecule has 1 aliphatic rings. The van der Waals surface area contributed by atoms with Gasteiger partial charge in [0.15, 0.2) is 0 Å². The molecule has 8 heteroatoms. The molecule has 3 rings (SSSR count). The molecule has 1 saturated heterocycles. The van der Waals surface area contributed by atoms with E-state index in [1.807, 2.05) is 24.3 Å². The van der Waals surface area contributed by atoms with E-state index in [0.29, 0.717) is 26.1 Å². The molecule has 0 spiro atoms. The van der Waals surface area contributed by atoms with Gasteiger partial charge in [0.05, 0.1) is 17.8 Å². The topological polar surface area (TPSA) is 50.4 Å². The molecule has 2 N–H and O–H groups in total. The first kappa shape index (κ1) is 20.8. The van der Waals surface area contributed by atoms with Crippen LogP contribution in [0.5, 0.6) is 0 Å². The highest BCUT2D eigenvalue weighted by molar-refractivity contribution is 9.10. The lowest BCUT2D eigenvalue weighted by molar-refractivity contribution is -0.137. The van der Waals surface area contributed by atoms with Gasteiger partial charge in [-0.25, -0.2) is 0 Å². The number of hydrogen-bond acceptors (Lipinski definition) is 3. The van der Waals surface area contributed by atoms with Gasteiger partial charge in [-0.2, -0.15) is 13.2 Å². The van der Waals surface area contributed by atoms with Crippen LogP contribution in [-0.2, 0) is 21.2 Å². The van der Waals surface area contributed by atoms with Crippen LogP contribution in [-0.4, -0.2) is 25.7 Å². The first-order chi connectivity index (χ1) is 13.3. The summed E-state index contributed by atoms with van der Waals surface area (Å²) >= 11 is 3.46. The van der Waals surface area contributed by atoms with Crippen LogP contribution in [0.25, 0.3) is 0 Å². The second kappa shape index (κ2) is 8.63. The molecule has 2 aromatic carbocycles. The molecule has 0 bridgehead atoms. The summed E-state index contributed by atoms with van der Waals surface area (Å²) in [6, 6.07) is 12.7. The van der Waals surface area contributed by atoms with Crippen LogP contribution in [0.2, 0.25) is 0 Å². The van der Waals surface area contributed by atoms with E-state index in [9.17, 15) is 18.0 Å². The van der Waals surface area contributed by atoms with Gasteiger partial charge < -0.3 is 10.1 Å². The number of para-hydroxylation sites is 1. The van der Waals surface area contributed by atoms with Crippen LogP contribution in [0.1, 0.15) is 24.0 Å². The Kier molecular flexibility index (Phi) is 6.42. The van der Waals surface area contributed by atoms with Crippen molar-refractivity contribution in [1.82, 2.24) is 5.32 Å². The summed E-state index contributed by atoms with van der Waals surface area (Å²) in [5, 5.41) is 5.64. The second-order valence-corrected chi connectivity index (χ2v) is 7.57. The summed E-state index contributed by atoms with van der Waals surface area (Å²) in [7, 11) is 0. The Balaban J connectivity index is 1.73. The van der Waals surface area contributed by atoms with E-state index in [2.05, 4.69) is 26.6 Å². The molecule has 0 aromatic heterocycles. The molecule has 0 unspecified atom stereocenters. The molecular weight excluding hydrogens is 437 g/mol. The number of carbonyl (C=O) groups excluding carboxylic acids is 1. The maximum absolute atomic E-state index is 13.1. The van der Waals surface area contributed by atoms with Crippen LogP contribution in [0, 0.1) is 0 Å². The number of anilines is 1. The van der Waals surface area contributed by atoms with Crippen molar-refractivity contribution >= 4 is 27.5 Å². The van der Waals surface area contributed by atoms with Gasteiger partial charge in [0, 0.05) is 23.2 Å². The average molecular weight is 457 g/mol. The monoisotopic (exact) mass is 456 g/mol. The molecule has 0 atom stereocenters. The molecular formula is C20H20BrF3N2O2. The van der Waals surface area contributed by atoms with Crippen LogP contribution < -0.4 is 10.6 Å². The molecule has 2 aromatic rings. The summed E-state index contributed by atoms with van der Waals surface area (Å²) in [5.41, 5.74) is -0.571. The van der Waals surface area contributed by atoms with Crippen LogP contribution >= 0.6 is 15.9 Å². The summed E-state index contributed by atoms with van der Waals surface area (Å²) < 4.78 is 45.7. The smallest absolute Gasteiger partial charge is 0.381 e. The van der Waals surface area contributed by atoms with Crippen molar-refractivity contribution in [2.75, 3.05) is 25.1 Å². The molecule has 0 saturated carbocycles. The summed E-state index contributed by atoms with van der Waals surface area (Å²) in [6.45, 7) is 0.967. The maximum Gasteiger partial charge on any atom is 0.418 e. The van der Waals surface area contributed by atoms with Gasteiger partial charge in [0.1, 0.15) is 0 Å². The lowest BCUT2D eigenvalue weighted by Crippen LogP contribution is -2.49. The van der Waals surface area contributed by atoms with Crippen LogP contribution in [0.3, 0.4) is 0 Å². The molecule has 0 aliphatic carbocycles. The lowest BCUT2D eigenvalue weighted by atomic mass is 9.82. The molecule has 28 heavy (non-hydrogen) atoms.